The molecule has 0 aliphatic rings. The largest absolute Gasteiger partial charge is 0.236 e. The summed E-state index contributed by atoms with van der Waals surface area (Å²) in [6.45, 7) is 0. The summed E-state index contributed by atoms with van der Waals surface area (Å²) in [5, 5.41) is 4.78. The predicted octanol–water partition coefficient (Wildman–Crippen LogP) is 3.34. The molecule has 0 saturated carbocycles. The Bertz CT molecular complexity index is 693. The first kappa shape index (κ1) is 10.6. The van der Waals surface area contributed by atoms with Gasteiger partial charge in [0.1, 0.15) is 0 Å². The van der Waals surface area contributed by atoms with Crippen LogP contribution >= 0.6 is 24.2 Å². The highest BCUT2D eigenvalue weighted by Gasteiger charge is 2.07. The first-order chi connectivity index (χ1) is 8.25. The number of nitrogens with zero attached hydrogens (tertiary/aromatic N) is 3. The van der Waals surface area contributed by atoms with Crippen LogP contribution in [0.4, 0.5) is 0 Å². The Labute approximate surface area is 108 Å². The lowest BCUT2D eigenvalue weighted by Gasteiger charge is -2.06. The fourth-order valence-electron chi connectivity index (χ4n) is 1.69. The zero-order valence-corrected chi connectivity index (χ0v) is 10.4. The van der Waals surface area contributed by atoms with Crippen LogP contribution in [0.2, 0.25) is 5.02 Å². The van der Waals surface area contributed by atoms with Crippen molar-refractivity contribution in [3.05, 3.63) is 47.9 Å². The van der Waals surface area contributed by atoms with E-state index in [-0.39, 0.29) is 0 Å². The van der Waals surface area contributed by atoms with Crippen molar-refractivity contribution in [2.45, 2.75) is 4.90 Å². The van der Waals surface area contributed by atoms with Gasteiger partial charge in [-0.1, -0.05) is 23.7 Å². The molecule has 3 aromatic rings. The van der Waals surface area contributed by atoms with E-state index in [9.17, 15) is 0 Å². The van der Waals surface area contributed by atoms with Crippen LogP contribution in [0.25, 0.3) is 16.8 Å². The minimum absolute atomic E-state index is 0.629. The molecule has 1 aromatic carbocycles. The zero-order valence-electron chi connectivity index (χ0n) is 8.71. The van der Waals surface area contributed by atoms with Crippen molar-refractivity contribution in [3.63, 3.8) is 0 Å². The summed E-state index contributed by atoms with van der Waals surface area (Å²) in [5.74, 6) is 0. The van der Waals surface area contributed by atoms with E-state index in [1.165, 1.54) is 0 Å². The van der Waals surface area contributed by atoms with Gasteiger partial charge >= 0.3 is 0 Å². The topological polar surface area (TPSA) is 30.2 Å². The molecule has 84 valence electrons. The van der Waals surface area contributed by atoms with Crippen LogP contribution in [0.5, 0.6) is 0 Å². The highest BCUT2D eigenvalue weighted by Crippen LogP contribution is 2.31. The molecule has 3 nitrogen and oxygen atoms in total. The molecule has 0 bridgehead atoms. The summed E-state index contributed by atoms with van der Waals surface area (Å²) in [4.78, 5) is 5.06. The van der Waals surface area contributed by atoms with E-state index in [1.807, 2.05) is 30.5 Å². The molecule has 0 radical (unpaired) electrons. The predicted molar refractivity (Wildman–Crippen MR) is 70.7 cm³/mol. The molecule has 17 heavy (non-hydrogen) atoms. The monoisotopic (exact) mass is 261 g/mol. The number of hydrogen-bond acceptors (Lipinski definition) is 3. The first-order valence-electron chi connectivity index (χ1n) is 5.03. The molecule has 0 aliphatic carbocycles. The van der Waals surface area contributed by atoms with Crippen molar-refractivity contribution in [2.24, 2.45) is 0 Å². The van der Waals surface area contributed by atoms with Crippen molar-refractivity contribution in [3.8, 4) is 11.1 Å². The van der Waals surface area contributed by atoms with Gasteiger partial charge in [0.15, 0.2) is 5.65 Å². The summed E-state index contributed by atoms with van der Waals surface area (Å²) in [6.07, 6.45) is 5.39. The second-order valence-corrected chi connectivity index (χ2v) is 4.48. The Morgan fingerprint density at radius 2 is 2.12 bits per heavy atom. The van der Waals surface area contributed by atoms with Crippen LogP contribution in [-0.2, 0) is 0 Å². The quantitative estimate of drug-likeness (QED) is 0.681. The normalized spacial score (nSPS) is 10.9. The van der Waals surface area contributed by atoms with E-state index in [0.29, 0.717) is 5.02 Å². The molecule has 3 rings (SSSR count). The number of halogens is 1. The maximum Gasteiger partial charge on any atom is 0.154 e. The van der Waals surface area contributed by atoms with Gasteiger partial charge in [0, 0.05) is 34.5 Å². The molecular formula is C12H8ClN3S. The number of aromatic nitrogens is 3. The summed E-state index contributed by atoms with van der Waals surface area (Å²) in [7, 11) is 0. The molecule has 0 spiro atoms. The van der Waals surface area contributed by atoms with Gasteiger partial charge in [-0.25, -0.2) is 9.50 Å². The first-order valence-corrected chi connectivity index (χ1v) is 5.85. The maximum atomic E-state index is 6.22. The number of thiol groups is 1. The Hall–Kier alpha value is -1.52. The number of fused-ring (bicyclic) bond motifs is 1. The van der Waals surface area contributed by atoms with E-state index in [2.05, 4.69) is 22.7 Å². The van der Waals surface area contributed by atoms with Gasteiger partial charge in [-0.2, -0.15) is 5.10 Å². The van der Waals surface area contributed by atoms with Crippen LogP contribution in [0.3, 0.4) is 0 Å². The number of benzene rings is 1. The average molecular weight is 262 g/mol. The highest BCUT2D eigenvalue weighted by molar-refractivity contribution is 7.80. The smallest absolute Gasteiger partial charge is 0.154 e. The van der Waals surface area contributed by atoms with Crippen molar-refractivity contribution in [1.29, 1.82) is 0 Å². The molecular weight excluding hydrogens is 254 g/mol. The molecule has 2 aromatic heterocycles. The molecule has 2 heterocycles. The lowest BCUT2D eigenvalue weighted by atomic mass is 10.1. The third-order valence-corrected chi connectivity index (χ3v) is 3.45. The molecule has 0 N–H and O–H groups in total. The highest BCUT2D eigenvalue weighted by atomic mass is 35.5. The number of hydrogen-bond donors (Lipinski definition) is 1. The minimum atomic E-state index is 0.629. The van der Waals surface area contributed by atoms with Crippen LogP contribution in [-0.4, -0.2) is 14.6 Å². The fraction of sp³-hybridized carbons (Fsp3) is 0. The molecule has 0 aliphatic heterocycles. The van der Waals surface area contributed by atoms with E-state index < -0.39 is 0 Å². The average Bonchev–Trinajstić information content (AvgIpc) is 2.79. The molecule has 5 heteroatoms. The standard InChI is InChI=1S/C12H8ClN3S/c13-12-9(2-1-3-10(12)17)8-6-14-11-4-5-15-16(11)7-8/h1-7,17H. The molecule has 0 unspecified atom stereocenters. The van der Waals surface area contributed by atoms with Gasteiger partial charge in [-0.15, -0.1) is 12.6 Å². The Morgan fingerprint density at radius 1 is 1.24 bits per heavy atom. The van der Waals surface area contributed by atoms with Crippen LogP contribution in [0.1, 0.15) is 0 Å². The van der Waals surface area contributed by atoms with Gasteiger partial charge in [0.25, 0.3) is 0 Å². The molecule has 0 amide bonds. The van der Waals surface area contributed by atoms with Gasteiger partial charge < -0.3 is 0 Å². The van der Waals surface area contributed by atoms with E-state index in [4.69, 9.17) is 11.6 Å². The second kappa shape index (κ2) is 4.05. The third-order valence-electron chi connectivity index (χ3n) is 2.54. The minimum Gasteiger partial charge on any atom is -0.236 e. The second-order valence-electron chi connectivity index (χ2n) is 3.62. The van der Waals surface area contributed by atoms with Gasteiger partial charge in [-0.3, -0.25) is 0 Å². The van der Waals surface area contributed by atoms with Crippen molar-refractivity contribution in [2.75, 3.05) is 0 Å². The van der Waals surface area contributed by atoms with Crippen LogP contribution in [0, 0.1) is 0 Å². The SMILES string of the molecule is Sc1cccc(-c2cnc3ccnn3c2)c1Cl. The Morgan fingerprint density at radius 3 is 3.00 bits per heavy atom. The molecule has 0 fully saturated rings. The third kappa shape index (κ3) is 1.79. The van der Waals surface area contributed by atoms with Crippen molar-refractivity contribution >= 4 is 29.9 Å². The summed E-state index contributed by atoms with van der Waals surface area (Å²) in [6, 6.07) is 7.56. The fourth-order valence-corrected chi connectivity index (χ4v) is 2.13. The maximum absolute atomic E-state index is 6.22. The van der Waals surface area contributed by atoms with Gasteiger partial charge in [0.2, 0.25) is 0 Å². The van der Waals surface area contributed by atoms with Crippen molar-refractivity contribution < 1.29 is 0 Å². The van der Waals surface area contributed by atoms with Gasteiger partial charge in [-0.05, 0) is 6.07 Å². The zero-order chi connectivity index (χ0) is 11.8. The Balaban J connectivity index is 2.23. The van der Waals surface area contributed by atoms with Crippen LogP contribution < -0.4 is 0 Å². The van der Waals surface area contributed by atoms with E-state index in [0.717, 1.165) is 21.7 Å². The Kier molecular flexibility index (Phi) is 2.53. The summed E-state index contributed by atoms with van der Waals surface area (Å²) in [5.41, 5.74) is 2.64. The summed E-state index contributed by atoms with van der Waals surface area (Å²) >= 11 is 10.5. The summed E-state index contributed by atoms with van der Waals surface area (Å²) < 4.78 is 1.72. The lowest BCUT2D eigenvalue weighted by molar-refractivity contribution is 0.941. The van der Waals surface area contributed by atoms with E-state index >= 15 is 0 Å². The van der Waals surface area contributed by atoms with Gasteiger partial charge in [0.05, 0.1) is 11.2 Å². The van der Waals surface area contributed by atoms with Crippen molar-refractivity contribution in [1.82, 2.24) is 14.6 Å². The van der Waals surface area contributed by atoms with E-state index in [1.54, 1.807) is 16.9 Å². The molecule has 0 saturated heterocycles. The lowest BCUT2D eigenvalue weighted by Crippen LogP contribution is -1.91. The van der Waals surface area contributed by atoms with Crippen LogP contribution in [0.15, 0.2) is 47.8 Å². The number of rotatable bonds is 1. The molecule has 0 atom stereocenters.